The summed E-state index contributed by atoms with van der Waals surface area (Å²) in [6.07, 6.45) is 16.1. The summed E-state index contributed by atoms with van der Waals surface area (Å²) >= 11 is 0. The van der Waals surface area contributed by atoms with Crippen molar-refractivity contribution in [3.8, 4) is 0 Å². The lowest BCUT2D eigenvalue weighted by atomic mass is 9.86. The van der Waals surface area contributed by atoms with E-state index in [0.717, 1.165) is 0 Å². The summed E-state index contributed by atoms with van der Waals surface area (Å²) in [6.45, 7) is 5.29. The van der Waals surface area contributed by atoms with Crippen molar-refractivity contribution in [2.24, 2.45) is 0 Å². The first-order valence-corrected chi connectivity index (χ1v) is 7.56. The zero-order valence-electron chi connectivity index (χ0n) is 11.1. The van der Waals surface area contributed by atoms with Gasteiger partial charge in [-0.25, -0.2) is 0 Å². The zero-order chi connectivity index (χ0) is 11.3. The molecule has 2 fully saturated rings. The van der Waals surface area contributed by atoms with Gasteiger partial charge in [-0.1, -0.05) is 44.9 Å². The Morgan fingerprint density at radius 2 is 1.06 bits per heavy atom. The molecule has 0 atom stereocenters. The predicted molar refractivity (Wildman–Crippen MR) is 70.8 cm³/mol. The van der Waals surface area contributed by atoms with Crippen LogP contribution in [-0.2, 0) is 0 Å². The molecule has 1 aliphatic carbocycles. The van der Waals surface area contributed by atoms with Crippen LogP contribution in [0.4, 0.5) is 0 Å². The van der Waals surface area contributed by atoms with Gasteiger partial charge in [0.15, 0.2) is 0 Å². The number of hydrogen-bond donors (Lipinski definition) is 0. The molecule has 0 radical (unpaired) electrons. The fourth-order valence-corrected chi connectivity index (χ4v) is 3.59. The monoisotopic (exact) mass is 223 g/mol. The van der Waals surface area contributed by atoms with Crippen LogP contribution in [-0.4, -0.2) is 23.5 Å². The third kappa shape index (κ3) is 3.23. The number of likely N-dealkylation sites (tertiary alicyclic amines) is 1. The lowest BCUT2D eigenvalue weighted by Crippen LogP contribution is -2.48. The second-order valence-electron chi connectivity index (χ2n) is 6.17. The maximum absolute atomic E-state index is 2.82. The summed E-state index contributed by atoms with van der Waals surface area (Å²) in [5, 5.41) is 0. The molecule has 94 valence electrons. The van der Waals surface area contributed by atoms with E-state index < -0.39 is 0 Å². The quantitative estimate of drug-likeness (QED) is 0.638. The van der Waals surface area contributed by atoms with E-state index in [1.54, 1.807) is 0 Å². The van der Waals surface area contributed by atoms with Crippen molar-refractivity contribution in [3.05, 3.63) is 0 Å². The standard InChI is InChI=1S/C15H29N/c1-15(16-13-9-6-10-14-16)11-7-4-2-3-5-8-12-15/h2-14H2,1H3. The molecule has 1 aliphatic heterocycles. The molecular formula is C15H29N. The topological polar surface area (TPSA) is 3.24 Å². The van der Waals surface area contributed by atoms with Gasteiger partial charge >= 0.3 is 0 Å². The molecule has 1 saturated carbocycles. The Hall–Kier alpha value is -0.0400. The van der Waals surface area contributed by atoms with Gasteiger partial charge < -0.3 is 0 Å². The van der Waals surface area contributed by atoms with Crippen LogP contribution in [0.3, 0.4) is 0 Å². The van der Waals surface area contributed by atoms with Crippen LogP contribution < -0.4 is 0 Å². The van der Waals surface area contributed by atoms with Crippen molar-refractivity contribution < 1.29 is 0 Å². The van der Waals surface area contributed by atoms with Gasteiger partial charge in [0.2, 0.25) is 0 Å². The second kappa shape index (κ2) is 6.05. The second-order valence-corrected chi connectivity index (χ2v) is 6.17. The molecule has 1 saturated heterocycles. The smallest absolute Gasteiger partial charge is 0.0181 e. The van der Waals surface area contributed by atoms with Crippen LogP contribution in [0.2, 0.25) is 0 Å². The average Bonchev–Trinajstić information content (AvgIpc) is 2.43. The molecule has 2 rings (SSSR count). The van der Waals surface area contributed by atoms with Crippen molar-refractivity contribution in [2.45, 2.75) is 83.1 Å². The van der Waals surface area contributed by atoms with E-state index in [0.29, 0.717) is 5.54 Å². The predicted octanol–water partition coefficient (Wildman–Crippen LogP) is 4.37. The normalized spacial score (nSPS) is 29.1. The van der Waals surface area contributed by atoms with Crippen LogP contribution in [0.25, 0.3) is 0 Å². The lowest BCUT2D eigenvalue weighted by molar-refractivity contribution is 0.0624. The first kappa shape index (κ1) is 12.4. The van der Waals surface area contributed by atoms with Gasteiger partial charge in [0.25, 0.3) is 0 Å². The van der Waals surface area contributed by atoms with Gasteiger partial charge in [-0.15, -0.1) is 0 Å². The van der Waals surface area contributed by atoms with Gasteiger partial charge in [-0.05, 0) is 45.7 Å². The van der Waals surface area contributed by atoms with Crippen LogP contribution in [0.1, 0.15) is 77.6 Å². The molecule has 0 aromatic heterocycles. The molecule has 2 aliphatic rings. The first-order chi connectivity index (χ1) is 7.81. The number of nitrogens with zero attached hydrogens (tertiary/aromatic N) is 1. The number of rotatable bonds is 1. The lowest BCUT2D eigenvalue weighted by Gasteiger charge is -2.44. The minimum absolute atomic E-state index is 0.546. The van der Waals surface area contributed by atoms with Crippen molar-refractivity contribution in [3.63, 3.8) is 0 Å². The minimum atomic E-state index is 0.546. The molecule has 1 heteroatoms. The Kier molecular flexibility index (Phi) is 4.69. The molecule has 1 nitrogen and oxygen atoms in total. The van der Waals surface area contributed by atoms with Crippen LogP contribution in [0.15, 0.2) is 0 Å². The maximum Gasteiger partial charge on any atom is 0.0181 e. The Bertz CT molecular complexity index is 184. The molecular weight excluding hydrogens is 194 g/mol. The summed E-state index contributed by atoms with van der Waals surface area (Å²) < 4.78 is 0. The van der Waals surface area contributed by atoms with E-state index in [2.05, 4.69) is 11.8 Å². The van der Waals surface area contributed by atoms with E-state index in [9.17, 15) is 0 Å². The van der Waals surface area contributed by atoms with Crippen LogP contribution >= 0.6 is 0 Å². The van der Waals surface area contributed by atoms with Gasteiger partial charge in [0.1, 0.15) is 0 Å². The van der Waals surface area contributed by atoms with E-state index >= 15 is 0 Å². The molecule has 0 spiro atoms. The number of hydrogen-bond acceptors (Lipinski definition) is 1. The largest absolute Gasteiger partial charge is 0.298 e. The molecule has 1 heterocycles. The fraction of sp³-hybridized carbons (Fsp3) is 1.00. The Labute approximate surface area is 102 Å². The van der Waals surface area contributed by atoms with Gasteiger partial charge in [0.05, 0.1) is 0 Å². The minimum Gasteiger partial charge on any atom is -0.298 e. The van der Waals surface area contributed by atoms with E-state index in [1.807, 2.05) is 0 Å². The highest BCUT2D eigenvalue weighted by molar-refractivity contribution is 4.88. The number of piperidine rings is 1. The summed E-state index contributed by atoms with van der Waals surface area (Å²) in [7, 11) is 0. The molecule has 0 aromatic carbocycles. The van der Waals surface area contributed by atoms with Gasteiger partial charge in [-0.3, -0.25) is 4.90 Å². The van der Waals surface area contributed by atoms with Crippen LogP contribution in [0.5, 0.6) is 0 Å². The molecule has 0 N–H and O–H groups in total. The third-order valence-corrected chi connectivity index (χ3v) is 4.80. The molecule has 0 unspecified atom stereocenters. The average molecular weight is 223 g/mol. The zero-order valence-corrected chi connectivity index (χ0v) is 11.1. The Morgan fingerprint density at radius 3 is 1.62 bits per heavy atom. The molecule has 0 aromatic rings. The van der Waals surface area contributed by atoms with E-state index in [1.165, 1.54) is 83.7 Å². The van der Waals surface area contributed by atoms with E-state index in [-0.39, 0.29) is 0 Å². The molecule has 16 heavy (non-hydrogen) atoms. The molecule has 0 amide bonds. The SMILES string of the molecule is CC1(N2CCCCC2)CCCCCCCC1. The fourth-order valence-electron chi connectivity index (χ4n) is 3.59. The van der Waals surface area contributed by atoms with Crippen molar-refractivity contribution in [1.82, 2.24) is 4.90 Å². The van der Waals surface area contributed by atoms with Crippen molar-refractivity contribution >= 4 is 0 Å². The molecule has 0 bridgehead atoms. The summed E-state index contributed by atoms with van der Waals surface area (Å²) in [5.41, 5.74) is 0.546. The Morgan fingerprint density at radius 1 is 0.625 bits per heavy atom. The Balaban J connectivity index is 1.94. The summed E-state index contributed by atoms with van der Waals surface area (Å²) in [4.78, 5) is 2.82. The van der Waals surface area contributed by atoms with Gasteiger partial charge in [-0.2, -0.15) is 0 Å². The highest BCUT2D eigenvalue weighted by Crippen LogP contribution is 2.32. The maximum atomic E-state index is 2.82. The summed E-state index contributed by atoms with van der Waals surface area (Å²) in [5.74, 6) is 0. The van der Waals surface area contributed by atoms with Crippen molar-refractivity contribution in [2.75, 3.05) is 13.1 Å². The van der Waals surface area contributed by atoms with E-state index in [4.69, 9.17) is 0 Å². The van der Waals surface area contributed by atoms with Crippen molar-refractivity contribution in [1.29, 1.82) is 0 Å². The highest BCUT2D eigenvalue weighted by atomic mass is 15.2. The first-order valence-electron chi connectivity index (χ1n) is 7.56. The van der Waals surface area contributed by atoms with Crippen LogP contribution in [0, 0.1) is 0 Å². The third-order valence-electron chi connectivity index (χ3n) is 4.80. The highest BCUT2D eigenvalue weighted by Gasteiger charge is 2.31. The summed E-state index contributed by atoms with van der Waals surface area (Å²) in [6, 6.07) is 0. The van der Waals surface area contributed by atoms with Gasteiger partial charge in [0, 0.05) is 5.54 Å².